The Kier molecular flexibility index (Phi) is 2.94. The van der Waals surface area contributed by atoms with E-state index in [1.54, 1.807) is 0 Å². The summed E-state index contributed by atoms with van der Waals surface area (Å²) < 4.78 is 2.02. The molecule has 1 N–H and O–H groups in total. The quantitative estimate of drug-likeness (QED) is 0.879. The third-order valence-corrected chi connectivity index (χ3v) is 6.20. The summed E-state index contributed by atoms with van der Waals surface area (Å²) in [5, 5.41) is 12.0. The lowest BCUT2D eigenvalue weighted by molar-refractivity contribution is 0.0555. The van der Waals surface area contributed by atoms with E-state index in [-0.39, 0.29) is 5.56 Å². The van der Waals surface area contributed by atoms with Gasteiger partial charge in [0.2, 0.25) is 0 Å². The molecule has 3 aliphatic heterocycles. The van der Waals surface area contributed by atoms with Gasteiger partial charge in [-0.3, -0.25) is 4.79 Å². The van der Waals surface area contributed by atoms with Gasteiger partial charge >= 0.3 is 0 Å². The molecule has 23 heavy (non-hydrogen) atoms. The van der Waals surface area contributed by atoms with Crippen LogP contribution in [0.4, 0.5) is 0 Å². The van der Waals surface area contributed by atoms with E-state index in [9.17, 15) is 9.90 Å². The summed E-state index contributed by atoms with van der Waals surface area (Å²) in [6.07, 6.45) is 5.71. The molecule has 4 heteroatoms. The van der Waals surface area contributed by atoms with Crippen LogP contribution in [0, 0.1) is 5.92 Å². The second kappa shape index (κ2) is 4.92. The first kappa shape index (κ1) is 13.8. The molecule has 1 aromatic heterocycles. The molecule has 1 aromatic carbocycles. The summed E-state index contributed by atoms with van der Waals surface area (Å²) in [7, 11) is 0. The third-order valence-electron chi connectivity index (χ3n) is 6.20. The van der Waals surface area contributed by atoms with Gasteiger partial charge in [-0.25, -0.2) is 0 Å². The van der Waals surface area contributed by atoms with Crippen LogP contribution in [-0.4, -0.2) is 34.2 Å². The normalized spacial score (nSPS) is 32.4. The van der Waals surface area contributed by atoms with E-state index in [1.807, 2.05) is 22.8 Å². The lowest BCUT2D eigenvalue weighted by Gasteiger charge is -2.45. The van der Waals surface area contributed by atoms with Crippen LogP contribution in [0.25, 0.3) is 10.8 Å². The Balaban J connectivity index is 1.72. The fraction of sp³-hybridized carbons (Fsp3) is 0.526. The van der Waals surface area contributed by atoms with Crippen molar-refractivity contribution in [2.75, 3.05) is 19.6 Å². The smallest absolute Gasteiger partial charge is 0.258 e. The minimum atomic E-state index is -0.432. The maximum atomic E-state index is 13.1. The van der Waals surface area contributed by atoms with Crippen LogP contribution in [0.15, 0.2) is 29.2 Å². The maximum Gasteiger partial charge on any atom is 0.258 e. The zero-order valence-electron chi connectivity index (χ0n) is 13.2. The van der Waals surface area contributed by atoms with Gasteiger partial charge in [-0.05, 0) is 67.3 Å². The van der Waals surface area contributed by atoms with Crippen LogP contribution in [-0.2, 0) is 6.42 Å². The van der Waals surface area contributed by atoms with E-state index in [0.717, 1.165) is 35.7 Å². The Labute approximate surface area is 135 Å². The highest BCUT2D eigenvalue weighted by Gasteiger charge is 2.36. The summed E-state index contributed by atoms with van der Waals surface area (Å²) in [5.41, 5.74) is 2.29. The number of benzene rings is 1. The summed E-state index contributed by atoms with van der Waals surface area (Å²) in [6, 6.07) is 6.13. The lowest BCUT2D eigenvalue weighted by atomic mass is 9.83. The molecule has 4 nitrogen and oxygen atoms in total. The number of aliphatic hydroxyl groups is 1. The van der Waals surface area contributed by atoms with Gasteiger partial charge in [0, 0.05) is 18.1 Å². The van der Waals surface area contributed by atoms with E-state index in [0.29, 0.717) is 12.0 Å². The fourth-order valence-electron chi connectivity index (χ4n) is 4.95. The third kappa shape index (κ3) is 1.95. The number of aliphatic hydroxyl groups excluding tert-OH is 1. The molecule has 0 spiro atoms. The Morgan fingerprint density at radius 2 is 1.96 bits per heavy atom. The Morgan fingerprint density at radius 3 is 2.70 bits per heavy atom. The molecule has 1 aliphatic carbocycles. The number of rotatable bonds is 1. The van der Waals surface area contributed by atoms with E-state index in [2.05, 4.69) is 11.1 Å². The topological polar surface area (TPSA) is 45.5 Å². The molecule has 0 radical (unpaired) electrons. The number of pyridine rings is 1. The molecule has 0 amide bonds. The van der Waals surface area contributed by atoms with Gasteiger partial charge in [-0.2, -0.15) is 0 Å². The number of piperidine rings is 3. The average molecular weight is 310 g/mol. The van der Waals surface area contributed by atoms with E-state index in [1.165, 1.54) is 31.5 Å². The Hall–Kier alpha value is -1.65. The minimum absolute atomic E-state index is 0.124. The van der Waals surface area contributed by atoms with Crippen molar-refractivity contribution in [1.82, 2.24) is 9.47 Å². The second-order valence-electron chi connectivity index (χ2n) is 7.40. The van der Waals surface area contributed by atoms with Gasteiger partial charge in [0.05, 0.1) is 12.1 Å². The zero-order valence-corrected chi connectivity index (χ0v) is 13.2. The van der Waals surface area contributed by atoms with Crippen molar-refractivity contribution in [3.05, 3.63) is 45.9 Å². The fourth-order valence-corrected chi connectivity index (χ4v) is 4.95. The van der Waals surface area contributed by atoms with Gasteiger partial charge in [0.1, 0.15) is 0 Å². The monoisotopic (exact) mass is 310 g/mol. The highest BCUT2D eigenvalue weighted by molar-refractivity contribution is 5.89. The second-order valence-corrected chi connectivity index (χ2v) is 7.40. The maximum absolute atomic E-state index is 13.1. The first-order valence-electron chi connectivity index (χ1n) is 8.79. The molecule has 1 unspecified atom stereocenters. The predicted octanol–water partition coefficient (Wildman–Crippen LogP) is 2.25. The van der Waals surface area contributed by atoms with E-state index in [4.69, 9.17) is 0 Å². The summed E-state index contributed by atoms with van der Waals surface area (Å²) in [6.45, 7) is 3.39. The van der Waals surface area contributed by atoms with Gasteiger partial charge in [0.15, 0.2) is 0 Å². The summed E-state index contributed by atoms with van der Waals surface area (Å²) in [4.78, 5) is 15.6. The van der Waals surface area contributed by atoms with Gasteiger partial charge < -0.3 is 14.6 Å². The highest BCUT2D eigenvalue weighted by atomic mass is 16.3. The summed E-state index contributed by atoms with van der Waals surface area (Å²) >= 11 is 0. The molecule has 2 bridgehead atoms. The zero-order chi connectivity index (χ0) is 15.6. The molecule has 2 aromatic rings. The van der Waals surface area contributed by atoms with E-state index >= 15 is 0 Å². The van der Waals surface area contributed by atoms with Crippen LogP contribution in [0.3, 0.4) is 0 Å². The van der Waals surface area contributed by atoms with Crippen molar-refractivity contribution in [1.29, 1.82) is 0 Å². The van der Waals surface area contributed by atoms with Crippen LogP contribution in [0.5, 0.6) is 0 Å². The summed E-state index contributed by atoms with van der Waals surface area (Å²) in [5.74, 6) is 0.639. The molecular formula is C19H22N2O2. The number of aromatic nitrogens is 1. The van der Waals surface area contributed by atoms with Crippen LogP contribution >= 0.6 is 0 Å². The molecule has 2 atom stereocenters. The first-order chi connectivity index (χ1) is 11.2. The van der Waals surface area contributed by atoms with Crippen molar-refractivity contribution in [3.8, 4) is 0 Å². The van der Waals surface area contributed by atoms with Crippen molar-refractivity contribution in [2.45, 2.75) is 37.8 Å². The Morgan fingerprint density at radius 1 is 1.13 bits per heavy atom. The van der Waals surface area contributed by atoms with Crippen molar-refractivity contribution >= 4 is 10.8 Å². The molecule has 6 rings (SSSR count). The molecule has 3 fully saturated rings. The number of hydrogen-bond acceptors (Lipinski definition) is 3. The molecule has 0 saturated carbocycles. The molecular weight excluding hydrogens is 288 g/mol. The first-order valence-corrected chi connectivity index (χ1v) is 8.79. The van der Waals surface area contributed by atoms with Crippen molar-refractivity contribution < 1.29 is 5.11 Å². The highest BCUT2D eigenvalue weighted by Crippen LogP contribution is 2.38. The SMILES string of the molecule is O=c1c2cccc3c2c(cn1[C@@H]1CN2CCC1CC2)CCC3O. The van der Waals surface area contributed by atoms with Crippen molar-refractivity contribution in [3.63, 3.8) is 0 Å². The Bertz CT molecular complexity index is 833. The standard InChI is InChI=1S/C19H22N2O2/c22-17-5-4-13-10-21(16-11-20-8-6-12(16)7-9-20)19(23)15-3-1-2-14(17)18(13)15/h1-3,10,12,16-17,22H,4-9,11H2/t16-,17?/m1/s1. The number of nitrogens with zero attached hydrogens (tertiary/aromatic N) is 2. The predicted molar refractivity (Wildman–Crippen MR) is 89.7 cm³/mol. The molecule has 4 aliphatic rings. The van der Waals surface area contributed by atoms with Gasteiger partial charge in [-0.15, -0.1) is 0 Å². The van der Waals surface area contributed by atoms with E-state index < -0.39 is 6.10 Å². The molecule has 120 valence electrons. The van der Waals surface area contributed by atoms with Crippen LogP contribution in [0.2, 0.25) is 0 Å². The minimum Gasteiger partial charge on any atom is -0.388 e. The van der Waals surface area contributed by atoms with Crippen molar-refractivity contribution in [2.24, 2.45) is 5.92 Å². The number of hydrogen-bond donors (Lipinski definition) is 1. The van der Waals surface area contributed by atoms with Gasteiger partial charge in [0.25, 0.3) is 5.56 Å². The van der Waals surface area contributed by atoms with Gasteiger partial charge in [-0.1, -0.05) is 12.1 Å². The molecule has 3 saturated heterocycles. The van der Waals surface area contributed by atoms with Crippen LogP contribution in [0.1, 0.15) is 42.5 Å². The lowest BCUT2D eigenvalue weighted by Crippen LogP contribution is -2.50. The largest absolute Gasteiger partial charge is 0.388 e. The molecule has 4 heterocycles. The average Bonchev–Trinajstić information content (AvgIpc) is 2.61. The van der Waals surface area contributed by atoms with Crippen LogP contribution < -0.4 is 5.56 Å². The number of aryl methyl sites for hydroxylation is 1. The number of fused-ring (bicyclic) bond motifs is 3.